The highest BCUT2D eigenvalue weighted by Gasteiger charge is 2.26. The van der Waals surface area contributed by atoms with E-state index in [0.717, 1.165) is 36.4 Å². The van der Waals surface area contributed by atoms with Crippen LogP contribution >= 0.6 is 15.9 Å². The maximum Gasteiger partial charge on any atom is 0.165 e. The fraction of sp³-hybridized carbons (Fsp3) is 0.538. The van der Waals surface area contributed by atoms with Crippen molar-refractivity contribution >= 4 is 15.9 Å². The Balaban J connectivity index is 2.75. The number of alkyl halides is 1. The molecule has 17 heavy (non-hydrogen) atoms. The molecule has 1 aromatic rings. The Kier molecular flexibility index (Phi) is 5.37. The molecule has 0 aliphatic rings. The Hall–Kier alpha value is -0.640. The summed E-state index contributed by atoms with van der Waals surface area (Å²) in [4.78, 5) is 0. The summed E-state index contributed by atoms with van der Waals surface area (Å²) in [6.45, 7) is 4.51. The number of halogens is 3. The zero-order chi connectivity index (χ0) is 12.9. The fourth-order valence-electron chi connectivity index (χ4n) is 1.50. The zero-order valence-electron chi connectivity index (χ0n) is 10.1. The monoisotopic (exact) mass is 306 g/mol. The van der Waals surface area contributed by atoms with Gasteiger partial charge in [-0.1, -0.05) is 29.8 Å². The summed E-state index contributed by atoms with van der Waals surface area (Å²) in [5, 5.41) is 0.782. The molecule has 96 valence electrons. The summed E-state index contributed by atoms with van der Waals surface area (Å²) in [6.07, 6.45) is 1.84. The van der Waals surface area contributed by atoms with Gasteiger partial charge >= 0.3 is 0 Å². The van der Waals surface area contributed by atoms with Gasteiger partial charge in [0.2, 0.25) is 0 Å². The highest BCUT2D eigenvalue weighted by molar-refractivity contribution is 9.09. The lowest BCUT2D eigenvalue weighted by atomic mass is 9.86. The fourth-order valence-corrected chi connectivity index (χ4v) is 2.46. The summed E-state index contributed by atoms with van der Waals surface area (Å²) in [7, 11) is 0. The number of ether oxygens (including phenoxy) is 1. The quantitative estimate of drug-likeness (QED) is 0.701. The lowest BCUT2D eigenvalue weighted by Crippen LogP contribution is -2.29. The third-order valence-corrected chi connectivity index (χ3v) is 4.40. The molecule has 0 bridgehead atoms. The van der Waals surface area contributed by atoms with Crippen LogP contribution in [0.3, 0.4) is 0 Å². The molecule has 0 atom stereocenters. The van der Waals surface area contributed by atoms with Crippen molar-refractivity contribution in [2.45, 2.75) is 26.7 Å². The molecule has 0 amide bonds. The van der Waals surface area contributed by atoms with Crippen LogP contribution in [0.15, 0.2) is 18.2 Å². The molecular formula is C13H17BrF2O. The Bertz CT molecular complexity index is 356. The predicted molar refractivity (Wildman–Crippen MR) is 68.7 cm³/mol. The number of benzene rings is 1. The molecule has 0 N–H and O–H groups in total. The van der Waals surface area contributed by atoms with E-state index in [1.165, 1.54) is 0 Å². The summed E-state index contributed by atoms with van der Waals surface area (Å²) >= 11 is 3.45. The van der Waals surface area contributed by atoms with E-state index in [1.807, 2.05) is 0 Å². The zero-order valence-corrected chi connectivity index (χ0v) is 11.7. The molecule has 0 heterocycles. The van der Waals surface area contributed by atoms with Gasteiger partial charge in [-0.3, -0.25) is 0 Å². The van der Waals surface area contributed by atoms with Gasteiger partial charge in [0, 0.05) is 16.8 Å². The van der Waals surface area contributed by atoms with Gasteiger partial charge in [0.1, 0.15) is 5.82 Å². The summed E-state index contributed by atoms with van der Waals surface area (Å²) in [6, 6.07) is 3.25. The van der Waals surface area contributed by atoms with Gasteiger partial charge in [0.15, 0.2) is 11.6 Å². The minimum atomic E-state index is -0.526. The first-order valence-electron chi connectivity index (χ1n) is 5.70. The van der Waals surface area contributed by atoms with Crippen molar-refractivity contribution in [1.29, 1.82) is 0 Å². The van der Waals surface area contributed by atoms with Crippen LogP contribution in [0.4, 0.5) is 8.78 Å². The Morgan fingerprint density at radius 2 is 1.88 bits per heavy atom. The van der Waals surface area contributed by atoms with Crippen molar-refractivity contribution in [2.24, 2.45) is 5.41 Å². The van der Waals surface area contributed by atoms with Crippen LogP contribution in [0.1, 0.15) is 26.7 Å². The van der Waals surface area contributed by atoms with Gasteiger partial charge in [0.25, 0.3) is 0 Å². The molecule has 0 radical (unpaired) electrons. The highest BCUT2D eigenvalue weighted by Crippen LogP contribution is 2.30. The Morgan fingerprint density at radius 3 is 2.41 bits per heavy atom. The van der Waals surface area contributed by atoms with E-state index in [9.17, 15) is 8.78 Å². The number of hydrogen-bond donors (Lipinski definition) is 0. The van der Waals surface area contributed by atoms with Gasteiger partial charge in [-0.05, 0) is 25.0 Å². The maximum atomic E-state index is 13.4. The normalized spacial score (nSPS) is 11.6. The first-order valence-corrected chi connectivity index (χ1v) is 6.83. The highest BCUT2D eigenvalue weighted by atomic mass is 79.9. The van der Waals surface area contributed by atoms with Crippen molar-refractivity contribution in [2.75, 3.05) is 11.9 Å². The largest absolute Gasteiger partial charge is 0.490 e. The van der Waals surface area contributed by atoms with E-state index in [4.69, 9.17) is 4.74 Å². The van der Waals surface area contributed by atoms with Gasteiger partial charge in [-0.2, -0.15) is 0 Å². The first kappa shape index (κ1) is 14.4. The number of rotatable bonds is 6. The Labute approximate surface area is 109 Å². The second-order valence-corrected chi connectivity index (χ2v) is 4.76. The van der Waals surface area contributed by atoms with E-state index in [1.54, 1.807) is 0 Å². The molecule has 1 aromatic carbocycles. The molecule has 1 nitrogen and oxygen atoms in total. The molecule has 0 spiro atoms. The van der Waals surface area contributed by atoms with Crippen LogP contribution in [0, 0.1) is 17.0 Å². The molecular weight excluding hydrogens is 290 g/mol. The average molecular weight is 307 g/mol. The molecule has 1 rings (SSSR count). The van der Waals surface area contributed by atoms with Crippen molar-refractivity contribution in [3.8, 4) is 5.75 Å². The van der Waals surface area contributed by atoms with E-state index >= 15 is 0 Å². The topological polar surface area (TPSA) is 9.23 Å². The molecule has 0 unspecified atom stereocenters. The third-order valence-electron chi connectivity index (χ3n) is 3.21. The predicted octanol–water partition coefficient (Wildman–Crippen LogP) is 4.54. The summed E-state index contributed by atoms with van der Waals surface area (Å²) < 4.78 is 31.7. The molecule has 4 heteroatoms. The van der Waals surface area contributed by atoms with Crippen LogP contribution in [-0.2, 0) is 0 Å². The second kappa shape index (κ2) is 6.34. The van der Waals surface area contributed by atoms with Crippen molar-refractivity contribution in [3.05, 3.63) is 29.8 Å². The molecule has 0 fully saturated rings. The number of hydrogen-bond acceptors (Lipinski definition) is 1. The molecule has 0 aliphatic carbocycles. The van der Waals surface area contributed by atoms with E-state index in [2.05, 4.69) is 29.8 Å². The van der Waals surface area contributed by atoms with Gasteiger partial charge < -0.3 is 4.74 Å². The van der Waals surface area contributed by atoms with Crippen LogP contribution in [0.2, 0.25) is 0 Å². The minimum Gasteiger partial charge on any atom is -0.490 e. The van der Waals surface area contributed by atoms with E-state index in [-0.39, 0.29) is 11.2 Å². The SMILES string of the molecule is CCC(CC)(CBr)COc1cc(F)ccc1F. The molecule has 0 aromatic heterocycles. The lowest BCUT2D eigenvalue weighted by Gasteiger charge is -2.29. The van der Waals surface area contributed by atoms with E-state index < -0.39 is 11.6 Å². The van der Waals surface area contributed by atoms with Crippen LogP contribution < -0.4 is 4.74 Å². The standard InChI is InChI=1S/C13H17BrF2O/c1-3-13(4-2,8-14)9-17-12-7-10(15)5-6-11(12)16/h5-7H,3-4,8-9H2,1-2H3. The molecule has 0 saturated heterocycles. The van der Waals surface area contributed by atoms with Gasteiger partial charge in [-0.15, -0.1) is 0 Å². The van der Waals surface area contributed by atoms with Crippen molar-refractivity contribution < 1.29 is 13.5 Å². The van der Waals surface area contributed by atoms with Crippen LogP contribution in [-0.4, -0.2) is 11.9 Å². The molecule has 0 aliphatic heterocycles. The first-order chi connectivity index (χ1) is 8.06. The van der Waals surface area contributed by atoms with Crippen LogP contribution in [0.25, 0.3) is 0 Å². The van der Waals surface area contributed by atoms with Crippen LogP contribution in [0.5, 0.6) is 5.75 Å². The summed E-state index contributed by atoms with van der Waals surface area (Å²) in [5.74, 6) is -1.03. The van der Waals surface area contributed by atoms with Crippen molar-refractivity contribution in [1.82, 2.24) is 0 Å². The van der Waals surface area contributed by atoms with Gasteiger partial charge in [-0.25, -0.2) is 8.78 Å². The van der Waals surface area contributed by atoms with E-state index in [0.29, 0.717) is 6.61 Å². The molecule has 0 saturated carbocycles. The average Bonchev–Trinajstić information content (AvgIpc) is 2.35. The maximum absolute atomic E-state index is 13.4. The second-order valence-electron chi connectivity index (χ2n) is 4.20. The third kappa shape index (κ3) is 3.66. The minimum absolute atomic E-state index is 0.0165. The van der Waals surface area contributed by atoms with Gasteiger partial charge in [0.05, 0.1) is 6.61 Å². The lowest BCUT2D eigenvalue weighted by molar-refractivity contribution is 0.152. The smallest absolute Gasteiger partial charge is 0.165 e. The summed E-state index contributed by atoms with van der Waals surface area (Å²) in [5.41, 5.74) is -0.0290. The Morgan fingerprint density at radius 1 is 1.24 bits per heavy atom. The van der Waals surface area contributed by atoms with Crippen molar-refractivity contribution in [3.63, 3.8) is 0 Å².